The van der Waals surface area contributed by atoms with Crippen molar-refractivity contribution >= 4 is 18.3 Å². The van der Waals surface area contributed by atoms with E-state index in [1.807, 2.05) is 0 Å². The summed E-state index contributed by atoms with van der Waals surface area (Å²) in [6.07, 6.45) is 3.73. The third kappa shape index (κ3) is 4.70. The van der Waals surface area contributed by atoms with Crippen LogP contribution in [0, 0.1) is 6.92 Å². The summed E-state index contributed by atoms with van der Waals surface area (Å²) in [7, 11) is 0. The number of fused-ring (bicyclic) bond motifs is 2. The van der Waals surface area contributed by atoms with Crippen molar-refractivity contribution < 1.29 is 4.79 Å². The molecule has 2 fully saturated rings. The molecule has 4 nitrogen and oxygen atoms in total. The van der Waals surface area contributed by atoms with Gasteiger partial charge in [0.15, 0.2) is 0 Å². The van der Waals surface area contributed by atoms with Gasteiger partial charge in [-0.15, -0.1) is 12.4 Å². The Balaban J connectivity index is 0.00000176. The third-order valence-corrected chi connectivity index (χ3v) is 4.58. The molecule has 2 aliphatic rings. The molecule has 2 heterocycles. The number of carbonyl (C=O) groups excluding carboxylic acids is 1. The lowest BCUT2D eigenvalue weighted by atomic mass is 10.1. The summed E-state index contributed by atoms with van der Waals surface area (Å²) in [5, 5.41) is 6.67. The van der Waals surface area contributed by atoms with Crippen molar-refractivity contribution in [3.05, 3.63) is 35.4 Å². The van der Waals surface area contributed by atoms with E-state index < -0.39 is 0 Å². The maximum absolute atomic E-state index is 12.1. The van der Waals surface area contributed by atoms with Crippen LogP contribution < -0.4 is 10.6 Å². The molecule has 5 heteroatoms. The quantitative estimate of drug-likeness (QED) is 0.889. The molecular weight excluding hydrogens is 298 g/mol. The molecule has 2 N–H and O–H groups in total. The van der Waals surface area contributed by atoms with E-state index in [2.05, 4.69) is 46.7 Å². The maximum Gasteiger partial charge on any atom is 0.234 e. The average molecular weight is 324 g/mol. The molecular formula is C17H26ClN3O. The first-order chi connectivity index (χ1) is 10.2. The monoisotopic (exact) mass is 323 g/mol. The molecule has 0 radical (unpaired) electrons. The fourth-order valence-corrected chi connectivity index (χ4v) is 3.32. The topological polar surface area (TPSA) is 44.4 Å². The second-order valence-corrected chi connectivity index (χ2v) is 6.42. The molecule has 122 valence electrons. The van der Waals surface area contributed by atoms with Crippen molar-refractivity contribution in [1.82, 2.24) is 15.5 Å². The van der Waals surface area contributed by atoms with E-state index in [0.29, 0.717) is 25.2 Å². The number of rotatable bonds is 4. The summed E-state index contributed by atoms with van der Waals surface area (Å²) in [6.45, 7) is 5.26. The highest BCUT2D eigenvalue weighted by Crippen LogP contribution is 2.20. The second-order valence-electron chi connectivity index (χ2n) is 6.42. The number of hydrogen-bond donors (Lipinski definition) is 2. The molecule has 2 bridgehead atoms. The van der Waals surface area contributed by atoms with Crippen molar-refractivity contribution in [1.29, 1.82) is 0 Å². The van der Waals surface area contributed by atoms with E-state index in [1.165, 1.54) is 24.8 Å². The standard InChI is InChI=1S/C17H25N3O.ClH/c1-13-2-4-14(5-3-13)10-18-17(21)12-20-9-8-15-6-7-16(11-20)19-15;/h2-5,15-16,19H,6-12H2,1H3,(H,18,21);1H. The Morgan fingerprint density at radius 1 is 1.23 bits per heavy atom. The van der Waals surface area contributed by atoms with Gasteiger partial charge in [0.25, 0.3) is 0 Å². The number of benzene rings is 1. The summed E-state index contributed by atoms with van der Waals surface area (Å²) in [6, 6.07) is 9.57. The highest BCUT2D eigenvalue weighted by Gasteiger charge is 2.29. The van der Waals surface area contributed by atoms with Crippen LogP contribution in [0.5, 0.6) is 0 Å². The van der Waals surface area contributed by atoms with E-state index in [1.54, 1.807) is 0 Å². The van der Waals surface area contributed by atoms with E-state index in [-0.39, 0.29) is 18.3 Å². The van der Waals surface area contributed by atoms with Gasteiger partial charge in [0.05, 0.1) is 6.54 Å². The third-order valence-electron chi connectivity index (χ3n) is 4.58. The average Bonchev–Trinajstić information content (AvgIpc) is 2.81. The lowest BCUT2D eigenvalue weighted by molar-refractivity contribution is -0.122. The van der Waals surface area contributed by atoms with Crippen molar-refractivity contribution in [3.63, 3.8) is 0 Å². The van der Waals surface area contributed by atoms with Gasteiger partial charge in [-0.1, -0.05) is 29.8 Å². The molecule has 0 aliphatic carbocycles. The molecule has 2 saturated heterocycles. The minimum atomic E-state index is 0. The first-order valence-corrected chi connectivity index (χ1v) is 8.00. The van der Waals surface area contributed by atoms with Crippen molar-refractivity contribution in [2.75, 3.05) is 19.6 Å². The smallest absolute Gasteiger partial charge is 0.234 e. The molecule has 2 atom stereocenters. The molecule has 3 rings (SSSR count). The van der Waals surface area contributed by atoms with E-state index in [9.17, 15) is 4.79 Å². The summed E-state index contributed by atoms with van der Waals surface area (Å²) < 4.78 is 0. The lowest BCUT2D eigenvalue weighted by Crippen LogP contribution is -2.41. The summed E-state index contributed by atoms with van der Waals surface area (Å²) >= 11 is 0. The van der Waals surface area contributed by atoms with Crippen molar-refractivity contribution in [2.24, 2.45) is 0 Å². The second kappa shape index (κ2) is 7.95. The zero-order valence-corrected chi connectivity index (χ0v) is 14.0. The molecule has 1 aromatic carbocycles. The van der Waals surface area contributed by atoms with Crippen LogP contribution >= 0.6 is 12.4 Å². The van der Waals surface area contributed by atoms with Crippen LogP contribution in [-0.2, 0) is 11.3 Å². The van der Waals surface area contributed by atoms with Crippen LogP contribution in [-0.4, -0.2) is 42.5 Å². The number of likely N-dealkylation sites (tertiary alicyclic amines) is 1. The van der Waals surface area contributed by atoms with Gasteiger partial charge in [-0.25, -0.2) is 0 Å². The van der Waals surface area contributed by atoms with E-state index in [4.69, 9.17) is 0 Å². The van der Waals surface area contributed by atoms with Gasteiger partial charge in [0, 0.05) is 31.7 Å². The number of amides is 1. The Morgan fingerprint density at radius 2 is 1.95 bits per heavy atom. The van der Waals surface area contributed by atoms with Gasteiger partial charge in [-0.3, -0.25) is 9.69 Å². The Kier molecular flexibility index (Phi) is 6.24. The van der Waals surface area contributed by atoms with Gasteiger partial charge < -0.3 is 10.6 Å². The van der Waals surface area contributed by atoms with Crippen molar-refractivity contribution in [3.8, 4) is 0 Å². The predicted octanol–water partition coefficient (Wildman–Crippen LogP) is 1.86. The minimum absolute atomic E-state index is 0. The van der Waals surface area contributed by atoms with Crippen LogP contribution in [0.25, 0.3) is 0 Å². The largest absolute Gasteiger partial charge is 0.351 e. The summed E-state index contributed by atoms with van der Waals surface area (Å²) in [5.41, 5.74) is 2.41. The molecule has 0 spiro atoms. The normalized spacial score (nSPS) is 24.4. The highest BCUT2D eigenvalue weighted by molar-refractivity contribution is 5.85. The number of nitrogens with one attached hydrogen (secondary N) is 2. The summed E-state index contributed by atoms with van der Waals surface area (Å²) in [4.78, 5) is 14.4. The number of carbonyl (C=O) groups is 1. The zero-order valence-electron chi connectivity index (χ0n) is 13.2. The maximum atomic E-state index is 12.1. The first-order valence-electron chi connectivity index (χ1n) is 8.00. The molecule has 0 saturated carbocycles. The van der Waals surface area contributed by atoms with Crippen LogP contribution in [0.4, 0.5) is 0 Å². The van der Waals surface area contributed by atoms with Crippen LogP contribution in [0.15, 0.2) is 24.3 Å². The fraction of sp³-hybridized carbons (Fsp3) is 0.588. The van der Waals surface area contributed by atoms with E-state index >= 15 is 0 Å². The van der Waals surface area contributed by atoms with Crippen LogP contribution in [0.1, 0.15) is 30.4 Å². The van der Waals surface area contributed by atoms with Gasteiger partial charge >= 0.3 is 0 Å². The molecule has 22 heavy (non-hydrogen) atoms. The van der Waals surface area contributed by atoms with Gasteiger partial charge in [-0.2, -0.15) is 0 Å². The van der Waals surface area contributed by atoms with Gasteiger partial charge in [0.1, 0.15) is 0 Å². The van der Waals surface area contributed by atoms with E-state index in [0.717, 1.165) is 18.7 Å². The Labute approximate surface area is 139 Å². The van der Waals surface area contributed by atoms with Gasteiger partial charge in [-0.05, 0) is 31.7 Å². The van der Waals surface area contributed by atoms with Crippen LogP contribution in [0.2, 0.25) is 0 Å². The molecule has 1 amide bonds. The number of nitrogens with zero attached hydrogens (tertiary/aromatic N) is 1. The zero-order chi connectivity index (χ0) is 14.7. The molecule has 2 unspecified atom stereocenters. The molecule has 0 aromatic heterocycles. The van der Waals surface area contributed by atoms with Gasteiger partial charge in [0.2, 0.25) is 5.91 Å². The Bertz CT molecular complexity index is 491. The molecule has 2 aliphatic heterocycles. The highest BCUT2D eigenvalue weighted by atomic mass is 35.5. The Hall–Kier alpha value is -1.10. The Morgan fingerprint density at radius 3 is 2.73 bits per heavy atom. The van der Waals surface area contributed by atoms with Crippen LogP contribution in [0.3, 0.4) is 0 Å². The SMILES string of the molecule is Cc1ccc(CNC(=O)CN2CCC3CCC(C2)N3)cc1.Cl. The number of aryl methyl sites for hydroxylation is 1. The minimum Gasteiger partial charge on any atom is -0.351 e. The lowest BCUT2D eigenvalue weighted by Gasteiger charge is -2.23. The number of halogens is 1. The molecule has 1 aromatic rings. The van der Waals surface area contributed by atoms with Crippen molar-refractivity contribution in [2.45, 2.75) is 44.8 Å². The predicted molar refractivity (Wildman–Crippen MR) is 91.3 cm³/mol. The number of hydrogen-bond acceptors (Lipinski definition) is 3. The summed E-state index contributed by atoms with van der Waals surface area (Å²) in [5.74, 6) is 0.133. The fourth-order valence-electron chi connectivity index (χ4n) is 3.32. The first kappa shape index (κ1) is 17.3.